The zero-order chi connectivity index (χ0) is 12.5. The molecule has 2 rings (SSSR count). The van der Waals surface area contributed by atoms with Gasteiger partial charge in [-0.1, -0.05) is 0 Å². The lowest BCUT2D eigenvalue weighted by Crippen LogP contribution is -2.50. The predicted octanol–water partition coefficient (Wildman–Crippen LogP) is -1.22. The zero-order valence-corrected chi connectivity index (χ0v) is 10.4. The van der Waals surface area contributed by atoms with Gasteiger partial charge >= 0.3 is 0 Å². The van der Waals surface area contributed by atoms with Crippen molar-refractivity contribution < 1.29 is 23.1 Å². The van der Waals surface area contributed by atoms with Gasteiger partial charge in [0.15, 0.2) is 9.84 Å². The van der Waals surface area contributed by atoms with Crippen molar-refractivity contribution >= 4 is 15.7 Å². The molecule has 2 aliphatic heterocycles. The molecule has 0 radical (unpaired) electrons. The van der Waals surface area contributed by atoms with Gasteiger partial charge in [-0.2, -0.15) is 0 Å². The summed E-state index contributed by atoms with van der Waals surface area (Å²) in [6, 6.07) is 0. The second kappa shape index (κ2) is 4.91. The molecule has 2 unspecified atom stereocenters. The van der Waals surface area contributed by atoms with E-state index >= 15 is 0 Å². The second-order valence-corrected chi connectivity index (χ2v) is 6.95. The molecule has 0 aromatic heterocycles. The van der Waals surface area contributed by atoms with E-state index in [1.807, 2.05) is 0 Å². The van der Waals surface area contributed by atoms with Gasteiger partial charge in [-0.3, -0.25) is 4.79 Å². The van der Waals surface area contributed by atoms with Crippen LogP contribution < -0.4 is 0 Å². The van der Waals surface area contributed by atoms with Crippen molar-refractivity contribution in [2.24, 2.45) is 0 Å². The van der Waals surface area contributed by atoms with Crippen LogP contribution in [0, 0.1) is 0 Å². The highest BCUT2D eigenvalue weighted by Crippen LogP contribution is 2.22. The van der Waals surface area contributed by atoms with E-state index < -0.39 is 21.2 Å². The third-order valence-electron chi connectivity index (χ3n) is 3.31. The van der Waals surface area contributed by atoms with E-state index in [1.54, 1.807) is 0 Å². The summed E-state index contributed by atoms with van der Waals surface area (Å²) in [5, 5.41) is 8.54. The highest BCUT2D eigenvalue weighted by molar-refractivity contribution is 7.92. The van der Waals surface area contributed by atoms with E-state index in [1.165, 1.54) is 4.90 Å². The number of amides is 1. The molecule has 0 aromatic carbocycles. The van der Waals surface area contributed by atoms with E-state index in [4.69, 9.17) is 9.84 Å². The van der Waals surface area contributed by atoms with Crippen LogP contribution in [0.5, 0.6) is 0 Å². The van der Waals surface area contributed by atoms with Crippen molar-refractivity contribution in [2.75, 3.05) is 32.1 Å². The maximum Gasteiger partial charge on any atom is 0.248 e. The predicted molar refractivity (Wildman–Crippen MR) is 60.2 cm³/mol. The first-order valence-corrected chi connectivity index (χ1v) is 7.46. The minimum Gasteiger partial charge on any atom is -0.394 e. The second-order valence-electron chi connectivity index (χ2n) is 4.55. The fraction of sp³-hybridized carbons (Fsp3) is 0.900. The first-order valence-electron chi connectivity index (χ1n) is 5.75. The summed E-state index contributed by atoms with van der Waals surface area (Å²) >= 11 is 0. The number of rotatable bonds is 3. The van der Waals surface area contributed by atoms with Gasteiger partial charge < -0.3 is 14.7 Å². The van der Waals surface area contributed by atoms with Gasteiger partial charge in [0.1, 0.15) is 6.61 Å². The molecule has 0 saturated carbocycles. The first-order chi connectivity index (χ1) is 8.03. The number of hydrogen-bond donors (Lipinski definition) is 1. The normalized spacial score (nSPS) is 33.0. The number of morpholine rings is 1. The molecule has 2 heterocycles. The van der Waals surface area contributed by atoms with E-state index in [0.29, 0.717) is 12.8 Å². The topological polar surface area (TPSA) is 83.9 Å². The van der Waals surface area contributed by atoms with Crippen molar-refractivity contribution in [3.05, 3.63) is 0 Å². The third kappa shape index (κ3) is 2.78. The number of nitrogens with zero attached hydrogens (tertiary/aromatic N) is 1. The largest absolute Gasteiger partial charge is 0.394 e. The van der Waals surface area contributed by atoms with Gasteiger partial charge in [0.2, 0.25) is 5.91 Å². The third-order valence-corrected chi connectivity index (χ3v) is 5.57. The summed E-state index contributed by atoms with van der Waals surface area (Å²) in [7, 11) is -3.03. The van der Waals surface area contributed by atoms with Crippen molar-refractivity contribution in [3.8, 4) is 0 Å². The molecule has 1 amide bonds. The highest BCUT2D eigenvalue weighted by Gasteiger charge is 2.35. The summed E-state index contributed by atoms with van der Waals surface area (Å²) in [5.41, 5.74) is 0. The summed E-state index contributed by atoms with van der Waals surface area (Å²) in [5.74, 6) is 0.0244. The van der Waals surface area contributed by atoms with Crippen LogP contribution in [0.15, 0.2) is 0 Å². The van der Waals surface area contributed by atoms with Crippen molar-refractivity contribution in [1.82, 2.24) is 4.90 Å². The molecule has 0 spiro atoms. The van der Waals surface area contributed by atoms with Gasteiger partial charge in [-0.25, -0.2) is 8.42 Å². The SMILES string of the molecule is O=C1COC(CO)CN1CC1CCCS1(=O)=O. The molecular weight excluding hydrogens is 246 g/mol. The Hall–Kier alpha value is -0.660. The van der Waals surface area contributed by atoms with E-state index in [9.17, 15) is 13.2 Å². The lowest BCUT2D eigenvalue weighted by Gasteiger charge is -2.33. The Morgan fingerprint density at radius 3 is 2.82 bits per heavy atom. The Labute approximate surface area is 100 Å². The maximum atomic E-state index is 11.7. The van der Waals surface area contributed by atoms with Gasteiger partial charge in [-0.15, -0.1) is 0 Å². The zero-order valence-electron chi connectivity index (χ0n) is 9.54. The van der Waals surface area contributed by atoms with Crippen LogP contribution in [0.25, 0.3) is 0 Å². The van der Waals surface area contributed by atoms with Crippen LogP contribution >= 0.6 is 0 Å². The Morgan fingerprint density at radius 1 is 1.47 bits per heavy atom. The molecule has 2 fully saturated rings. The fourth-order valence-electron chi connectivity index (χ4n) is 2.28. The molecule has 7 heteroatoms. The lowest BCUT2D eigenvalue weighted by molar-refractivity contribution is -0.150. The van der Waals surface area contributed by atoms with Crippen molar-refractivity contribution in [2.45, 2.75) is 24.2 Å². The summed E-state index contributed by atoms with van der Waals surface area (Å²) in [4.78, 5) is 13.1. The molecule has 2 atom stereocenters. The summed E-state index contributed by atoms with van der Waals surface area (Å²) in [6.45, 7) is 0.293. The number of aliphatic hydroxyl groups excluding tert-OH is 1. The highest BCUT2D eigenvalue weighted by atomic mass is 32.2. The molecule has 0 bridgehead atoms. The van der Waals surface area contributed by atoms with Crippen LogP contribution in [-0.4, -0.2) is 67.7 Å². The van der Waals surface area contributed by atoms with Gasteiger partial charge in [-0.05, 0) is 12.8 Å². The lowest BCUT2D eigenvalue weighted by atomic mass is 10.2. The van der Waals surface area contributed by atoms with E-state index in [-0.39, 0.29) is 38.0 Å². The minimum absolute atomic E-state index is 0.0714. The molecule has 6 nitrogen and oxygen atoms in total. The number of aliphatic hydroxyl groups is 1. The van der Waals surface area contributed by atoms with Crippen molar-refractivity contribution in [3.63, 3.8) is 0 Å². The molecule has 2 aliphatic rings. The molecule has 17 heavy (non-hydrogen) atoms. The molecule has 0 aliphatic carbocycles. The molecule has 1 N–H and O–H groups in total. The van der Waals surface area contributed by atoms with Crippen molar-refractivity contribution in [1.29, 1.82) is 0 Å². The van der Waals surface area contributed by atoms with E-state index in [0.717, 1.165) is 0 Å². The Bertz CT molecular complexity index is 394. The van der Waals surface area contributed by atoms with Crippen LogP contribution in [0.1, 0.15) is 12.8 Å². The molecule has 98 valence electrons. The van der Waals surface area contributed by atoms with Gasteiger partial charge in [0.05, 0.1) is 23.7 Å². The summed E-state index contributed by atoms with van der Waals surface area (Å²) < 4.78 is 28.4. The first kappa shape index (κ1) is 12.8. The molecule has 2 saturated heterocycles. The van der Waals surface area contributed by atoms with Gasteiger partial charge in [0, 0.05) is 13.1 Å². The number of sulfone groups is 1. The summed E-state index contributed by atoms with van der Waals surface area (Å²) in [6.07, 6.45) is 0.905. The monoisotopic (exact) mass is 263 g/mol. The van der Waals surface area contributed by atoms with Gasteiger partial charge in [0.25, 0.3) is 0 Å². The maximum absolute atomic E-state index is 11.7. The molecule has 0 aromatic rings. The standard InChI is InChI=1S/C10H17NO5S/c12-6-8-4-11(10(13)7-16-8)5-9-2-1-3-17(9,14)15/h8-9,12H,1-7H2. The van der Waals surface area contributed by atoms with Crippen LogP contribution in [0.2, 0.25) is 0 Å². The van der Waals surface area contributed by atoms with Crippen LogP contribution in [0.3, 0.4) is 0 Å². The number of ether oxygens (including phenoxy) is 1. The molecular formula is C10H17NO5S. The average Bonchev–Trinajstić information content (AvgIpc) is 2.61. The van der Waals surface area contributed by atoms with Crippen LogP contribution in [0.4, 0.5) is 0 Å². The Balaban J connectivity index is 1.99. The number of carbonyl (C=O) groups excluding carboxylic acids is 1. The quantitative estimate of drug-likeness (QED) is 0.690. The minimum atomic E-state index is -3.03. The Kier molecular flexibility index (Phi) is 3.70. The number of hydrogen-bond acceptors (Lipinski definition) is 5. The average molecular weight is 263 g/mol. The van der Waals surface area contributed by atoms with Crippen LogP contribution in [-0.2, 0) is 19.4 Å². The number of carbonyl (C=O) groups is 1. The van der Waals surface area contributed by atoms with E-state index in [2.05, 4.69) is 0 Å². The Morgan fingerprint density at radius 2 is 2.24 bits per heavy atom. The smallest absolute Gasteiger partial charge is 0.248 e. The fourth-order valence-corrected chi connectivity index (χ4v) is 4.11.